The molecule has 1 spiro atoms. The third-order valence-electron chi connectivity index (χ3n) is 5.68. The number of nitrogens with two attached hydrogens (primary N) is 1. The topological polar surface area (TPSA) is 108 Å². The fourth-order valence-electron chi connectivity index (χ4n) is 4.27. The lowest BCUT2D eigenvalue weighted by Crippen LogP contribution is -2.48. The maximum absolute atomic E-state index is 13.0. The summed E-state index contributed by atoms with van der Waals surface area (Å²) in [6, 6.07) is 3.35. The number of anilines is 2. The van der Waals surface area contributed by atoms with E-state index in [4.69, 9.17) is 10.7 Å². The molecule has 1 atom stereocenters. The van der Waals surface area contributed by atoms with E-state index in [0.29, 0.717) is 36.8 Å². The molecule has 3 heterocycles. The van der Waals surface area contributed by atoms with Crippen LogP contribution in [0.15, 0.2) is 23.1 Å². The summed E-state index contributed by atoms with van der Waals surface area (Å²) in [5.74, 6) is 0.907. The molecule has 4 rings (SSSR count). The molecule has 27 heavy (non-hydrogen) atoms. The predicted octanol–water partition coefficient (Wildman–Crippen LogP) is 0.933. The van der Waals surface area contributed by atoms with Crippen LogP contribution in [0.3, 0.4) is 0 Å². The van der Waals surface area contributed by atoms with Crippen LogP contribution in [0.25, 0.3) is 0 Å². The zero-order valence-electron chi connectivity index (χ0n) is 15.7. The number of carbonyl (C=O) groups is 1. The summed E-state index contributed by atoms with van der Waals surface area (Å²) in [5.41, 5.74) is 7.48. The highest BCUT2D eigenvalue weighted by Crippen LogP contribution is 2.43. The summed E-state index contributed by atoms with van der Waals surface area (Å²) in [5, 5.41) is 0. The van der Waals surface area contributed by atoms with Crippen LogP contribution in [-0.4, -0.2) is 52.9 Å². The van der Waals surface area contributed by atoms with Crippen LogP contribution in [0.1, 0.15) is 40.9 Å². The number of amides is 1. The van der Waals surface area contributed by atoms with Gasteiger partial charge < -0.3 is 15.5 Å². The number of likely N-dealkylation sites (tertiary alicyclic amines) is 1. The minimum absolute atomic E-state index is 0.0484. The fourth-order valence-corrected chi connectivity index (χ4v) is 4.27. The lowest BCUT2D eigenvalue weighted by molar-refractivity contribution is 0.0633. The number of nitrogens with zero attached hydrogens (tertiary/aromatic N) is 4. The number of carbonyl (C=O) groups excluding carboxylic acids is 1. The van der Waals surface area contributed by atoms with Crippen molar-refractivity contribution in [3.05, 3.63) is 45.5 Å². The molecular formula is C19H24N6O2. The Kier molecular flexibility index (Phi) is 4.13. The Bertz CT molecular complexity index is 936. The van der Waals surface area contributed by atoms with Crippen molar-refractivity contribution in [2.75, 3.05) is 37.8 Å². The molecule has 0 saturated carbocycles. The van der Waals surface area contributed by atoms with E-state index in [-0.39, 0.29) is 16.9 Å². The molecule has 0 radical (unpaired) electrons. The lowest BCUT2D eigenvalue weighted by Gasteiger charge is -2.40. The second-order valence-electron chi connectivity index (χ2n) is 7.69. The third kappa shape index (κ3) is 2.94. The van der Waals surface area contributed by atoms with Gasteiger partial charge in [0.05, 0.1) is 11.3 Å². The Labute approximate surface area is 157 Å². The number of aromatic amines is 1. The first kappa shape index (κ1) is 17.5. The molecular weight excluding hydrogens is 344 g/mol. The third-order valence-corrected chi connectivity index (χ3v) is 5.68. The number of nitrogens with one attached hydrogen (secondary N) is 1. The highest BCUT2D eigenvalue weighted by molar-refractivity contribution is 5.94. The molecule has 2 aromatic heterocycles. The van der Waals surface area contributed by atoms with Gasteiger partial charge in [-0.1, -0.05) is 0 Å². The molecule has 1 amide bonds. The largest absolute Gasteiger partial charge is 0.384 e. The second kappa shape index (κ2) is 6.37. The molecule has 1 unspecified atom stereocenters. The quantitative estimate of drug-likeness (QED) is 0.816. The first-order valence-electron chi connectivity index (χ1n) is 9.21. The average molecular weight is 368 g/mol. The highest BCUT2D eigenvalue weighted by Gasteiger charge is 2.45. The first-order chi connectivity index (χ1) is 12.9. The highest BCUT2D eigenvalue weighted by atomic mass is 16.2. The van der Waals surface area contributed by atoms with E-state index in [1.54, 1.807) is 17.0 Å². The van der Waals surface area contributed by atoms with Gasteiger partial charge in [0.1, 0.15) is 5.82 Å². The summed E-state index contributed by atoms with van der Waals surface area (Å²) in [7, 11) is 3.72. The van der Waals surface area contributed by atoms with Crippen LogP contribution < -0.4 is 16.2 Å². The van der Waals surface area contributed by atoms with Crippen LogP contribution in [-0.2, 0) is 11.8 Å². The number of nitrogen functional groups attached to an aromatic ring is 1. The van der Waals surface area contributed by atoms with Gasteiger partial charge in [0, 0.05) is 44.4 Å². The van der Waals surface area contributed by atoms with Gasteiger partial charge >= 0.3 is 0 Å². The summed E-state index contributed by atoms with van der Waals surface area (Å²) < 4.78 is 0. The summed E-state index contributed by atoms with van der Waals surface area (Å²) >= 11 is 0. The fraction of sp³-hybridized carbons (Fsp3) is 0.474. The van der Waals surface area contributed by atoms with E-state index < -0.39 is 0 Å². The van der Waals surface area contributed by atoms with E-state index >= 15 is 0 Å². The van der Waals surface area contributed by atoms with Crippen LogP contribution in [0.4, 0.5) is 11.8 Å². The number of fused-ring (bicyclic) bond motifs is 2. The van der Waals surface area contributed by atoms with Gasteiger partial charge in [0.25, 0.3) is 11.5 Å². The minimum Gasteiger partial charge on any atom is -0.384 e. The second-order valence-corrected chi connectivity index (χ2v) is 7.69. The normalized spacial score (nSPS) is 21.3. The van der Waals surface area contributed by atoms with Gasteiger partial charge in [-0.15, -0.1) is 0 Å². The Hall–Kier alpha value is -2.90. The zero-order chi connectivity index (χ0) is 19.2. The van der Waals surface area contributed by atoms with Gasteiger partial charge in [-0.05, 0) is 37.8 Å². The van der Waals surface area contributed by atoms with Crippen LogP contribution in [0.2, 0.25) is 0 Å². The SMILES string of the molecule is CN(C)c1nc2c(c(=O)[nH]1)CCC21CCCN(C(=O)c2ccc(N)nc2)C1. The van der Waals surface area contributed by atoms with Crippen molar-refractivity contribution in [3.63, 3.8) is 0 Å². The molecule has 1 aliphatic heterocycles. The predicted molar refractivity (Wildman–Crippen MR) is 103 cm³/mol. The number of pyridine rings is 1. The van der Waals surface area contributed by atoms with Gasteiger partial charge in [0.15, 0.2) is 0 Å². The van der Waals surface area contributed by atoms with E-state index in [0.717, 1.165) is 30.5 Å². The molecule has 0 bridgehead atoms. The minimum atomic E-state index is -0.247. The molecule has 2 aliphatic rings. The molecule has 8 heteroatoms. The number of hydrogen-bond acceptors (Lipinski definition) is 6. The van der Waals surface area contributed by atoms with Crippen molar-refractivity contribution in [2.45, 2.75) is 31.1 Å². The molecule has 8 nitrogen and oxygen atoms in total. The monoisotopic (exact) mass is 368 g/mol. The van der Waals surface area contributed by atoms with Crippen molar-refractivity contribution in [1.29, 1.82) is 0 Å². The van der Waals surface area contributed by atoms with Crippen molar-refractivity contribution in [2.24, 2.45) is 0 Å². The van der Waals surface area contributed by atoms with Gasteiger partial charge in [-0.25, -0.2) is 9.97 Å². The smallest absolute Gasteiger partial charge is 0.255 e. The maximum Gasteiger partial charge on any atom is 0.255 e. The summed E-state index contributed by atoms with van der Waals surface area (Å²) in [6.45, 7) is 1.27. The summed E-state index contributed by atoms with van der Waals surface area (Å²) in [6.07, 6.45) is 4.90. The molecule has 1 saturated heterocycles. The summed E-state index contributed by atoms with van der Waals surface area (Å²) in [4.78, 5) is 40.8. The molecule has 2 aromatic rings. The zero-order valence-corrected chi connectivity index (χ0v) is 15.7. The molecule has 0 aromatic carbocycles. The number of rotatable bonds is 2. The Morgan fingerprint density at radius 1 is 1.33 bits per heavy atom. The molecule has 1 aliphatic carbocycles. The van der Waals surface area contributed by atoms with Gasteiger partial charge in [-0.3, -0.25) is 14.6 Å². The maximum atomic E-state index is 13.0. The van der Waals surface area contributed by atoms with E-state index in [9.17, 15) is 9.59 Å². The Morgan fingerprint density at radius 2 is 2.15 bits per heavy atom. The Morgan fingerprint density at radius 3 is 2.85 bits per heavy atom. The lowest BCUT2D eigenvalue weighted by atomic mass is 9.77. The molecule has 3 N–H and O–H groups in total. The Balaban J connectivity index is 1.67. The standard InChI is InChI=1S/C19H24N6O2/c1-24(2)18-22-15-13(16(26)23-18)6-8-19(15)7-3-9-25(11-19)17(27)12-4-5-14(20)21-10-12/h4-5,10H,3,6-9,11H2,1-2H3,(H2,20,21)(H,22,23,26). The molecule has 1 fully saturated rings. The van der Waals surface area contributed by atoms with Crippen molar-refractivity contribution in [1.82, 2.24) is 19.9 Å². The van der Waals surface area contributed by atoms with E-state index in [1.165, 1.54) is 6.20 Å². The van der Waals surface area contributed by atoms with Crippen LogP contribution in [0, 0.1) is 0 Å². The van der Waals surface area contributed by atoms with Crippen LogP contribution in [0.5, 0.6) is 0 Å². The number of aromatic nitrogens is 3. The number of hydrogen-bond donors (Lipinski definition) is 2. The first-order valence-corrected chi connectivity index (χ1v) is 9.21. The van der Waals surface area contributed by atoms with E-state index in [2.05, 4.69) is 9.97 Å². The van der Waals surface area contributed by atoms with Gasteiger partial charge in [-0.2, -0.15) is 0 Å². The number of H-pyrrole nitrogens is 1. The van der Waals surface area contributed by atoms with Crippen molar-refractivity contribution < 1.29 is 4.79 Å². The van der Waals surface area contributed by atoms with Crippen molar-refractivity contribution in [3.8, 4) is 0 Å². The molecule has 142 valence electrons. The van der Waals surface area contributed by atoms with Crippen LogP contribution >= 0.6 is 0 Å². The van der Waals surface area contributed by atoms with Gasteiger partial charge in [0.2, 0.25) is 5.95 Å². The average Bonchev–Trinajstić information content (AvgIpc) is 3.00. The van der Waals surface area contributed by atoms with Crippen molar-refractivity contribution >= 4 is 17.7 Å². The van der Waals surface area contributed by atoms with E-state index in [1.807, 2.05) is 19.0 Å². The number of piperidine rings is 1.